The summed E-state index contributed by atoms with van der Waals surface area (Å²) in [6.07, 6.45) is 8.45. The Labute approximate surface area is 162 Å². The van der Waals surface area contributed by atoms with E-state index in [1.54, 1.807) is 0 Å². The molecule has 4 aliphatic rings. The first-order valence-electron chi connectivity index (χ1n) is 10.8. The molecule has 1 saturated carbocycles. The molecule has 3 aliphatic heterocycles. The normalized spacial score (nSPS) is 32.5. The molecule has 4 heteroatoms. The van der Waals surface area contributed by atoms with Crippen LogP contribution in [0.2, 0.25) is 0 Å². The van der Waals surface area contributed by atoms with Crippen LogP contribution in [0.25, 0.3) is 0 Å². The van der Waals surface area contributed by atoms with Gasteiger partial charge in [0, 0.05) is 38.3 Å². The maximum Gasteiger partial charge on any atom is 0.233 e. The van der Waals surface area contributed by atoms with Gasteiger partial charge in [0.15, 0.2) is 0 Å². The Morgan fingerprint density at radius 1 is 1.11 bits per heavy atom. The summed E-state index contributed by atoms with van der Waals surface area (Å²) in [4.78, 5) is 18.4. The van der Waals surface area contributed by atoms with E-state index < -0.39 is 0 Å². The summed E-state index contributed by atoms with van der Waals surface area (Å²) >= 11 is 0. The van der Waals surface area contributed by atoms with Gasteiger partial charge in [0.05, 0.1) is 11.5 Å². The van der Waals surface area contributed by atoms with Crippen molar-refractivity contribution in [1.82, 2.24) is 9.80 Å². The lowest BCUT2D eigenvalue weighted by Gasteiger charge is -2.58. The second kappa shape index (κ2) is 6.59. The van der Waals surface area contributed by atoms with Crippen LogP contribution in [0.15, 0.2) is 24.3 Å². The van der Waals surface area contributed by atoms with Crippen LogP contribution in [0.4, 0.5) is 0 Å². The average molecular weight is 369 g/mol. The Bertz CT molecular complexity index is 706. The van der Waals surface area contributed by atoms with Gasteiger partial charge in [0.1, 0.15) is 0 Å². The summed E-state index contributed by atoms with van der Waals surface area (Å²) in [6, 6.07) is 8.64. The summed E-state index contributed by atoms with van der Waals surface area (Å²) in [6.45, 7) is 7.12. The molecule has 0 radical (unpaired) electrons. The molecule has 4 nitrogen and oxygen atoms in total. The summed E-state index contributed by atoms with van der Waals surface area (Å²) in [5, 5.41) is 0. The minimum Gasteiger partial charge on any atom is -0.377 e. The topological polar surface area (TPSA) is 32.8 Å². The number of rotatable bonds is 4. The van der Waals surface area contributed by atoms with E-state index in [4.69, 9.17) is 4.74 Å². The molecule has 0 aromatic heterocycles. The fourth-order valence-electron chi connectivity index (χ4n) is 5.58. The number of likely N-dealkylation sites (tertiary alicyclic amines) is 2. The highest BCUT2D eigenvalue weighted by Crippen LogP contribution is 2.51. The quantitative estimate of drug-likeness (QED) is 0.818. The van der Waals surface area contributed by atoms with E-state index in [2.05, 4.69) is 41.0 Å². The first-order chi connectivity index (χ1) is 13.1. The van der Waals surface area contributed by atoms with E-state index in [-0.39, 0.29) is 11.0 Å². The summed E-state index contributed by atoms with van der Waals surface area (Å²) in [5.74, 6) is 0.384. The van der Waals surface area contributed by atoms with E-state index in [0.29, 0.717) is 12.0 Å². The third kappa shape index (κ3) is 3.01. The van der Waals surface area contributed by atoms with Crippen molar-refractivity contribution >= 4 is 5.91 Å². The van der Waals surface area contributed by atoms with Crippen LogP contribution in [0.3, 0.4) is 0 Å². The van der Waals surface area contributed by atoms with E-state index in [1.165, 1.54) is 43.4 Å². The number of nitrogens with zero attached hydrogens (tertiary/aromatic N) is 2. The lowest BCUT2D eigenvalue weighted by atomic mass is 9.76. The highest BCUT2D eigenvalue weighted by atomic mass is 16.5. The largest absolute Gasteiger partial charge is 0.377 e. The maximum atomic E-state index is 13.5. The van der Waals surface area contributed by atoms with Crippen molar-refractivity contribution in [3.05, 3.63) is 35.4 Å². The minimum absolute atomic E-state index is 0.225. The highest BCUT2D eigenvalue weighted by molar-refractivity contribution is 5.91. The van der Waals surface area contributed by atoms with Crippen molar-refractivity contribution in [2.24, 2.45) is 0 Å². The molecule has 3 heterocycles. The Kier molecular flexibility index (Phi) is 4.32. The van der Waals surface area contributed by atoms with Gasteiger partial charge in [0.25, 0.3) is 0 Å². The molecule has 3 saturated heterocycles. The van der Waals surface area contributed by atoms with Crippen molar-refractivity contribution in [3.63, 3.8) is 0 Å². The third-order valence-corrected chi connectivity index (χ3v) is 7.57. The number of benzene rings is 1. The predicted molar refractivity (Wildman–Crippen MR) is 106 cm³/mol. The van der Waals surface area contributed by atoms with Gasteiger partial charge in [-0.3, -0.25) is 9.69 Å². The summed E-state index contributed by atoms with van der Waals surface area (Å²) in [5.41, 5.74) is 2.49. The van der Waals surface area contributed by atoms with Gasteiger partial charge in [-0.2, -0.15) is 0 Å². The minimum atomic E-state index is -0.227. The van der Waals surface area contributed by atoms with Crippen LogP contribution in [0, 0.1) is 6.92 Å². The fourth-order valence-corrected chi connectivity index (χ4v) is 5.58. The van der Waals surface area contributed by atoms with Gasteiger partial charge in [-0.05, 0) is 57.4 Å². The van der Waals surface area contributed by atoms with E-state index >= 15 is 0 Å². The molecule has 2 atom stereocenters. The zero-order valence-corrected chi connectivity index (χ0v) is 16.6. The molecule has 1 aliphatic carbocycles. The molecule has 5 rings (SSSR count). The lowest BCUT2D eigenvalue weighted by Crippen LogP contribution is -2.68. The molecule has 0 bridgehead atoms. The van der Waals surface area contributed by atoms with Crippen LogP contribution in [0.5, 0.6) is 0 Å². The number of amides is 1. The number of hydrogen-bond donors (Lipinski definition) is 0. The predicted octanol–water partition coefficient (Wildman–Crippen LogP) is 3.27. The summed E-state index contributed by atoms with van der Waals surface area (Å²) in [7, 11) is 0. The number of carbonyl (C=O) groups is 1. The Morgan fingerprint density at radius 2 is 1.93 bits per heavy atom. The molecular formula is C23H32N2O2. The Morgan fingerprint density at radius 3 is 2.56 bits per heavy atom. The molecule has 4 fully saturated rings. The monoisotopic (exact) mass is 368 g/mol. The average Bonchev–Trinajstić information content (AvgIpc) is 3.33. The zero-order chi connectivity index (χ0) is 18.5. The number of ether oxygens (including phenoxy) is 1. The van der Waals surface area contributed by atoms with E-state index in [1.807, 2.05) is 0 Å². The number of aryl methyl sites for hydroxylation is 1. The van der Waals surface area contributed by atoms with Gasteiger partial charge >= 0.3 is 0 Å². The second-order valence-electron chi connectivity index (χ2n) is 9.33. The number of hydrogen-bond acceptors (Lipinski definition) is 3. The van der Waals surface area contributed by atoms with Crippen molar-refractivity contribution < 1.29 is 9.53 Å². The SMILES string of the molecule is Cc1ccc(C2(C(=O)N3CCC[C@]4(CCN4C[C@@H]4CCCO4)C3)CC2)cc1. The van der Waals surface area contributed by atoms with Gasteiger partial charge in [0.2, 0.25) is 5.91 Å². The third-order valence-electron chi connectivity index (χ3n) is 7.57. The highest BCUT2D eigenvalue weighted by Gasteiger charge is 2.56. The Hall–Kier alpha value is -1.39. The molecule has 0 unspecified atom stereocenters. The van der Waals surface area contributed by atoms with Crippen molar-refractivity contribution in [1.29, 1.82) is 0 Å². The molecular weight excluding hydrogens is 336 g/mol. The molecule has 1 aromatic rings. The van der Waals surface area contributed by atoms with Crippen LogP contribution < -0.4 is 0 Å². The van der Waals surface area contributed by atoms with Gasteiger partial charge in [-0.1, -0.05) is 29.8 Å². The molecule has 1 amide bonds. The second-order valence-corrected chi connectivity index (χ2v) is 9.33. The smallest absolute Gasteiger partial charge is 0.233 e. The van der Waals surface area contributed by atoms with Crippen LogP contribution in [-0.4, -0.2) is 60.1 Å². The van der Waals surface area contributed by atoms with E-state index in [9.17, 15) is 4.79 Å². The Balaban J connectivity index is 1.29. The zero-order valence-electron chi connectivity index (χ0n) is 16.6. The lowest BCUT2D eigenvalue weighted by molar-refractivity contribution is -0.144. The number of piperidine rings is 1. The molecule has 1 aromatic carbocycles. The first kappa shape index (κ1) is 17.7. The van der Waals surface area contributed by atoms with Crippen molar-refractivity contribution in [2.45, 2.75) is 68.9 Å². The van der Waals surface area contributed by atoms with Gasteiger partial charge < -0.3 is 9.64 Å². The molecule has 1 spiro atoms. The standard InChI is InChI=1S/C23H32N2O2/c1-18-5-7-19(8-6-18)23(10-11-23)21(26)24-13-3-9-22(17-24)12-14-25(22)16-20-4-2-15-27-20/h5-8,20H,2-4,9-17H2,1H3/t20-,22-/m0/s1. The van der Waals surface area contributed by atoms with E-state index in [0.717, 1.165) is 45.5 Å². The first-order valence-corrected chi connectivity index (χ1v) is 10.8. The fraction of sp³-hybridized carbons (Fsp3) is 0.696. The van der Waals surface area contributed by atoms with Crippen LogP contribution in [-0.2, 0) is 14.9 Å². The molecule has 27 heavy (non-hydrogen) atoms. The van der Waals surface area contributed by atoms with Crippen LogP contribution >= 0.6 is 0 Å². The van der Waals surface area contributed by atoms with Crippen LogP contribution in [0.1, 0.15) is 56.1 Å². The van der Waals surface area contributed by atoms with Crippen molar-refractivity contribution in [3.8, 4) is 0 Å². The number of carbonyl (C=O) groups excluding carboxylic acids is 1. The van der Waals surface area contributed by atoms with Gasteiger partial charge in [-0.15, -0.1) is 0 Å². The maximum absolute atomic E-state index is 13.5. The molecule has 0 N–H and O–H groups in total. The van der Waals surface area contributed by atoms with Crippen molar-refractivity contribution in [2.75, 3.05) is 32.8 Å². The summed E-state index contributed by atoms with van der Waals surface area (Å²) < 4.78 is 5.88. The molecule has 146 valence electrons. The van der Waals surface area contributed by atoms with Gasteiger partial charge in [-0.25, -0.2) is 0 Å².